The number of carbonyl (C=O) groups excluding carboxylic acids is 1. The Labute approximate surface area is 108 Å². The second-order valence-corrected chi connectivity index (χ2v) is 4.25. The Balaban J connectivity index is 2.21. The zero-order chi connectivity index (χ0) is 13.1. The van der Waals surface area contributed by atoms with E-state index in [1.807, 2.05) is 0 Å². The topological polar surface area (TPSA) is 17.1 Å². The fourth-order valence-electron chi connectivity index (χ4n) is 1.60. The molecular formula is C14H9ClF2O. The molecule has 92 valence electrons. The van der Waals surface area contributed by atoms with Gasteiger partial charge in [0.25, 0.3) is 0 Å². The van der Waals surface area contributed by atoms with Crippen LogP contribution in [0.1, 0.15) is 15.9 Å². The van der Waals surface area contributed by atoms with Crippen molar-refractivity contribution in [2.75, 3.05) is 0 Å². The predicted octanol–water partition coefficient (Wildman–Crippen LogP) is 4.04. The van der Waals surface area contributed by atoms with Crippen LogP contribution in [0.5, 0.6) is 0 Å². The minimum Gasteiger partial charge on any atom is -0.294 e. The van der Waals surface area contributed by atoms with Crippen molar-refractivity contribution in [2.45, 2.75) is 6.42 Å². The summed E-state index contributed by atoms with van der Waals surface area (Å²) in [7, 11) is 0. The molecule has 0 saturated carbocycles. The van der Waals surface area contributed by atoms with E-state index in [1.165, 1.54) is 36.4 Å². The van der Waals surface area contributed by atoms with E-state index < -0.39 is 11.6 Å². The third-order valence-electron chi connectivity index (χ3n) is 2.51. The van der Waals surface area contributed by atoms with Crippen LogP contribution < -0.4 is 0 Å². The first-order valence-electron chi connectivity index (χ1n) is 5.29. The molecule has 0 N–H and O–H groups in total. The summed E-state index contributed by atoms with van der Waals surface area (Å²) in [4.78, 5) is 11.9. The summed E-state index contributed by atoms with van der Waals surface area (Å²) in [5.41, 5.74) is 0.794. The fraction of sp³-hybridized carbons (Fsp3) is 0.0714. The quantitative estimate of drug-likeness (QED) is 0.766. The van der Waals surface area contributed by atoms with Crippen LogP contribution in [0.4, 0.5) is 8.78 Å². The smallest absolute Gasteiger partial charge is 0.167 e. The summed E-state index contributed by atoms with van der Waals surface area (Å²) in [6.07, 6.45) is 0.0164. The van der Waals surface area contributed by atoms with Gasteiger partial charge in [0.05, 0.1) is 0 Å². The largest absolute Gasteiger partial charge is 0.294 e. The molecule has 0 aliphatic carbocycles. The number of ketones is 1. The van der Waals surface area contributed by atoms with Gasteiger partial charge in [-0.1, -0.05) is 29.8 Å². The third-order valence-corrected chi connectivity index (χ3v) is 2.86. The summed E-state index contributed by atoms with van der Waals surface area (Å²) >= 11 is 5.83. The number of benzene rings is 2. The first-order chi connectivity index (χ1) is 8.56. The second kappa shape index (κ2) is 5.27. The van der Waals surface area contributed by atoms with E-state index in [0.717, 1.165) is 6.07 Å². The van der Waals surface area contributed by atoms with E-state index in [-0.39, 0.29) is 22.8 Å². The number of hydrogen-bond acceptors (Lipinski definition) is 1. The minimum atomic E-state index is -0.467. The Bertz CT molecular complexity index is 596. The molecule has 0 unspecified atom stereocenters. The molecule has 0 fully saturated rings. The van der Waals surface area contributed by atoms with Crippen LogP contribution in [0, 0.1) is 11.6 Å². The lowest BCUT2D eigenvalue weighted by Crippen LogP contribution is -2.04. The maximum Gasteiger partial charge on any atom is 0.167 e. The summed E-state index contributed by atoms with van der Waals surface area (Å²) < 4.78 is 25.8. The van der Waals surface area contributed by atoms with Crippen molar-refractivity contribution >= 4 is 17.4 Å². The van der Waals surface area contributed by atoms with Gasteiger partial charge in [0.15, 0.2) is 5.78 Å². The molecule has 18 heavy (non-hydrogen) atoms. The summed E-state index contributed by atoms with van der Waals surface area (Å²) in [6, 6.07) is 9.27. The number of hydrogen-bond donors (Lipinski definition) is 0. The van der Waals surface area contributed by atoms with Crippen molar-refractivity contribution in [2.24, 2.45) is 0 Å². The highest BCUT2D eigenvalue weighted by Gasteiger charge is 2.10. The highest BCUT2D eigenvalue weighted by Crippen LogP contribution is 2.19. The van der Waals surface area contributed by atoms with Crippen LogP contribution in [-0.4, -0.2) is 5.78 Å². The van der Waals surface area contributed by atoms with Crippen LogP contribution in [0.2, 0.25) is 5.02 Å². The molecule has 2 aromatic carbocycles. The van der Waals surface area contributed by atoms with Crippen LogP contribution in [-0.2, 0) is 6.42 Å². The standard InChI is InChI=1S/C14H9ClF2O/c15-13-8-12(17)5-4-9(13)7-14(18)10-2-1-3-11(16)6-10/h1-6,8H,7H2. The molecule has 0 saturated heterocycles. The lowest BCUT2D eigenvalue weighted by atomic mass is 10.0. The highest BCUT2D eigenvalue weighted by molar-refractivity contribution is 6.31. The first kappa shape index (κ1) is 12.7. The van der Waals surface area contributed by atoms with Crippen molar-refractivity contribution in [1.82, 2.24) is 0 Å². The van der Waals surface area contributed by atoms with Gasteiger partial charge in [0, 0.05) is 17.0 Å². The zero-order valence-corrected chi connectivity index (χ0v) is 10.0. The van der Waals surface area contributed by atoms with Crippen LogP contribution in [0.3, 0.4) is 0 Å². The molecule has 2 aromatic rings. The average molecular weight is 267 g/mol. The van der Waals surface area contributed by atoms with Gasteiger partial charge in [-0.2, -0.15) is 0 Å². The average Bonchev–Trinajstić information content (AvgIpc) is 2.32. The third kappa shape index (κ3) is 2.93. The van der Waals surface area contributed by atoms with Crippen LogP contribution in [0.15, 0.2) is 42.5 Å². The summed E-state index contributed by atoms with van der Waals surface area (Å²) in [5.74, 6) is -1.18. The number of rotatable bonds is 3. The first-order valence-corrected chi connectivity index (χ1v) is 5.67. The van der Waals surface area contributed by atoms with E-state index in [2.05, 4.69) is 0 Å². The van der Waals surface area contributed by atoms with Gasteiger partial charge in [-0.25, -0.2) is 8.78 Å². The van der Waals surface area contributed by atoms with Crippen molar-refractivity contribution in [3.05, 3.63) is 70.2 Å². The van der Waals surface area contributed by atoms with Crippen molar-refractivity contribution in [3.8, 4) is 0 Å². The van der Waals surface area contributed by atoms with Crippen LogP contribution in [0.25, 0.3) is 0 Å². The maximum atomic E-state index is 13.0. The molecule has 0 atom stereocenters. The lowest BCUT2D eigenvalue weighted by Gasteiger charge is -2.04. The lowest BCUT2D eigenvalue weighted by molar-refractivity contribution is 0.0992. The van der Waals surface area contributed by atoms with Crippen molar-refractivity contribution in [3.63, 3.8) is 0 Å². The number of halogens is 3. The Kier molecular flexibility index (Phi) is 3.72. The molecule has 2 rings (SSSR count). The van der Waals surface area contributed by atoms with Gasteiger partial charge >= 0.3 is 0 Å². The van der Waals surface area contributed by atoms with E-state index in [4.69, 9.17) is 11.6 Å². The summed E-state index contributed by atoms with van der Waals surface area (Å²) in [6.45, 7) is 0. The van der Waals surface area contributed by atoms with Gasteiger partial charge in [-0.05, 0) is 29.8 Å². The molecule has 0 aliphatic rings. The molecule has 0 amide bonds. The number of Topliss-reactive ketones (excluding diaryl/α,β-unsaturated/α-hetero) is 1. The van der Waals surface area contributed by atoms with Crippen molar-refractivity contribution < 1.29 is 13.6 Å². The highest BCUT2D eigenvalue weighted by atomic mass is 35.5. The molecule has 0 bridgehead atoms. The molecule has 0 radical (unpaired) electrons. The fourth-order valence-corrected chi connectivity index (χ4v) is 1.84. The molecule has 1 nitrogen and oxygen atoms in total. The van der Waals surface area contributed by atoms with Crippen molar-refractivity contribution in [1.29, 1.82) is 0 Å². The van der Waals surface area contributed by atoms with E-state index in [9.17, 15) is 13.6 Å². The van der Waals surface area contributed by atoms with E-state index >= 15 is 0 Å². The minimum absolute atomic E-state index is 0.0164. The monoisotopic (exact) mass is 266 g/mol. The van der Waals surface area contributed by atoms with Gasteiger partial charge < -0.3 is 0 Å². The normalized spacial score (nSPS) is 10.4. The Morgan fingerprint density at radius 1 is 1.06 bits per heavy atom. The predicted molar refractivity (Wildman–Crippen MR) is 65.8 cm³/mol. The molecule has 0 aliphatic heterocycles. The van der Waals surface area contributed by atoms with E-state index in [1.54, 1.807) is 0 Å². The Morgan fingerprint density at radius 2 is 1.78 bits per heavy atom. The van der Waals surface area contributed by atoms with Gasteiger partial charge in [0.1, 0.15) is 11.6 Å². The molecule has 0 heterocycles. The van der Waals surface area contributed by atoms with Crippen LogP contribution >= 0.6 is 11.6 Å². The van der Waals surface area contributed by atoms with Gasteiger partial charge in [0.2, 0.25) is 0 Å². The Morgan fingerprint density at radius 3 is 2.44 bits per heavy atom. The zero-order valence-electron chi connectivity index (χ0n) is 9.29. The molecule has 4 heteroatoms. The maximum absolute atomic E-state index is 13.0. The molecule has 0 aromatic heterocycles. The second-order valence-electron chi connectivity index (χ2n) is 3.85. The molecular weight excluding hydrogens is 258 g/mol. The number of carbonyl (C=O) groups is 1. The summed E-state index contributed by atoms with van der Waals surface area (Å²) in [5, 5.41) is 0.194. The van der Waals surface area contributed by atoms with E-state index in [0.29, 0.717) is 5.56 Å². The van der Waals surface area contributed by atoms with Gasteiger partial charge in [-0.15, -0.1) is 0 Å². The SMILES string of the molecule is O=C(Cc1ccc(F)cc1Cl)c1cccc(F)c1. The Hall–Kier alpha value is -1.74. The molecule has 0 spiro atoms. The van der Waals surface area contributed by atoms with Gasteiger partial charge in [-0.3, -0.25) is 4.79 Å².